The minimum absolute atomic E-state index is 0.0718. The Morgan fingerprint density at radius 2 is 1.78 bits per heavy atom. The molecule has 0 unspecified atom stereocenters. The summed E-state index contributed by atoms with van der Waals surface area (Å²) in [6.45, 7) is 8.99. The molecular weight excluding hydrogens is 232 g/mol. The number of carbonyl (C=O) groups excluding carboxylic acids is 2. The molecule has 0 rings (SSSR count). The van der Waals surface area contributed by atoms with Crippen LogP contribution in [0.2, 0.25) is 0 Å². The number of hydrogen-bond donors (Lipinski definition) is 2. The number of ether oxygens (including phenoxy) is 1. The van der Waals surface area contributed by atoms with Crippen molar-refractivity contribution in [3.8, 4) is 0 Å². The summed E-state index contributed by atoms with van der Waals surface area (Å²) in [6.07, 6.45) is 1.27. The molecule has 0 saturated heterocycles. The molecule has 0 fully saturated rings. The van der Waals surface area contributed by atoms with Crippen molar-refractivity contribution < 1.29 is 14.3 Å². The van der Waals surface area contributed by atoms with E-state index in [0.29, 0.717) is 25.5 Å². The molecule has 5 heteroatoms. The number of carbonyl (C=O) groups is 2. The molecule has 5 nitrogen and oxygen atoms in total. The Hall–Kier alpha value is -1.10. The van der Waals surface area contributed by atoms with Crippen LogP contribution in [-0.2, 0) is 14.3 Å². The van der Waals surface area contributed by atoms with Crippen molar-refractivity contribution >= 4 is 11.8 Å². The Morgan fingerprint density at radius 3 is 2.33 bits per heavy atom. The van der Waals surface area contributed by atoms with Gasteiger partial charge in [0, 0.05) is 25.6 Å². The Labute approximate surface area is 110 Å². The highest BCUT2D eigenvalue weighted by atomic mass is 16.5. The first kappa shape index (κ1) is 16.9. The van der Waals surface area contributed by atoms with E-state index in [-0.39, 0.29) is 24.5 Å². The molecule has 0 aromatic heterocycles. The van der Waals surface area contributed by atoms with E-state index in [1.54, 1.807) is 0 Å². The lowest BCUT2D eigenvalue weighted by Gasteiger charge is -2.09. The SMILES string of the molecule is CC(C)CC(=O)NCCCOCC(=O)NC(C)C. The van der Waals surface area contributed by atoms with Crippen molar-refractivity contribution in [1.82, 2.24) is 10.6 Å². The minimum Gasteiger partial charge on any atom is -0.372 e. The van der Waals surface area contributed by atoms with Crippen molar-refractivity contribution in [2.24, 2.45) is 5.92 Å². The molecule has 0 atom stereocenters. The lowest BCUT2D eigenvalue weighted by molar-refractivity contribution is -0.126. The van der Waals surface area contributed by atoms with E-state index < -0.39 is 0 Å². The fourth-order valence-corrected chi connectivity index (χ4v) is 1.37. The zero-order valence-corrected chi connectivity index (χ0v) is 11.9. The molecule has 0 saturated carbocycles. The third-order valence-electron chi connectivity index (χ3n) is 2.06. The normalized spacial score (nSPS) is 10.8. The summed E-state index contributed by atoms with van der Waals surface area (Å²) in [5.74, 6) is 0.345. The number of hydrogen-bond acceptors (Lipinski definition) is 3. The molecule has 0 aromatic rings. The van der Waals surface area contributed by atoms with Crippen molar-refractivity contribution in [2.75, 3.05) is 19.8 Å². The molecule has 0 aliphatic heterocycles. The van der Waals surface area contributed by atoms with E-state index in [2.05, 4.69) is 10.6 Å². The predicted molar refractivity (Wildman–Crippen MR) is 71.2 cm³/mol. The summed E-state index contributed by atoms with van der Waals surface area (Å²) in [6, 6.07) is 0.136. The first-order valence-electron chi connectivity index (χ1n) is 6.55. The second-order valence-electron chi connectivity index (χ2n) is 5.08. The predicted octanol–water partition coefficient (Wildman–Crippen LogP) is 1.08. The van der Waals surface area contributed by atoms with Gasteiger partial charge in [-0.2, -0.15) is 0 Å². The van der Waals surface area contributed by atoms with Crippen LogP contribution in [0.5, 0.6) is 0 Å². The second kappa shape index (κ2) is 9.88. The van der Waals surface area contributed by atoms with Gasteiger partial charge >= 0.3 is 0 Å². The Kier molecular flexibility index (Phi) is 9.28. The highest BCUT2D eigenvalue weighted by Crippen LogP contribution is 1.97. The van der Waals surface area contributed by atoms with Crippen LogP contribution in [0.3, 0.4) is 0 Å². The summed E-state index contributed by atoms with van der Waals surface area (Å²) in [4.78, 5) is 22.5. The van der Waals surface area contributed by atoms with Crippen molar-refractivity contribution in [2.45, 2.75) is 46.6 Å². The summed E-state index contributed by atoms with van der Waals surface area (Å²) >= 11 is 0. The van der Waals surface area contributed by atoms with Crippen molar-refractivity contribution in [1.29, 1.82) is 0 Å². The molecule has 106 valence electrons. The Bertz CT molecular complexity index is 227. The van der Waals surface area contributed by atoms with Gasteiger partial charge in [-0.1, -0.05) is 13.8 Å². The van der Waals surface area contributed by atoms with Crippen LogP contribution >= 0.6 is 0 Å². The van der Waals surface area contributed by atoms with E-state index in [4.69, 9.17) is 4.74 Å². The zero-order chi connectivity index (χ0) is 14.0. The van der Waals surface area contributed by atoms with Crippen LogP contribution in [-0.4, -0.2) is 37.6 Å². The van der Waals surface area contributed by atoms with Gasteiger partial charge in [-0.25, -0.2) is 0 Å². The van der Waals surface area contributed by atoms with Crippen LogP contribution < -0.4 is 10.6 Å². The van der Waals surface area contributed by atoms with Gasteiger partial charge in [0.05, 0.1) is 0 Å². The maximum atomic E-state index is 11.3. The fourth-order valence-electron chi connectivity index (χ4n) is 1.37. The van der Waals surface area contributed by atoms with Crippen LogP contribution in [0, 0.1) is 5.92 Å². The zero-order valence-electron chi connectivity index (χ0n) is 11.9. The van der Waals surface area contributed by atoms with E-state index >= 15 is 0 Å². The third-order valence-corrected chi connectivity index (χ3v) is 2.06. The van der Waals surface area contributed by atoms with Gasteiger partial charge in [0.2, 0.25) is 11.8 Å². The molecule has 0 spiro atoms. The topological polar surface area (TPSA) is 67.4 Å². The average molecular weight is 258 g/mol. The molecule has 2 amide bonds. The minimum atomic E-state index is -0.103. The van der Waals surface area contributed by atoms with E-state index in [1.807, 2.05) is 27.7 Å². The number of rotatable bonds is 9. The smallest absolute Gasteiger partial charge is 0.246 e. The fraction of sp³-hybridized carbons (Fsp3) is 0.846. The van der Waals surface area contributed by atoms with Gasteiger partial charge < -0.3 is 15.4 Å². The second-order valence-corrected chi connectivity index (χ2v) is 5.08. The lowest BCUT2D eigenvalue weighted by Crippen LogP contribution is -2.33. The number of amides is 2. The molecular formula is C13H26N2O3. The Morgan fingerprint density at radius 1 is 1.11 bits per heavy atom. The van der Waals surface area contributed by atoms with Gasteiger partial charge in [-0.15, -0.1) is 0 Å². The lowest BCUT2D eigenvalue weighted by atomic mass is 10.1. The highest BCUT2D eigenvalue weighted by Gasteiger charge is 2.04. The van der Waals surface area contributed by atoms with Gasteiger partial charge in [0.15, 0.2) is 0 Å². The molecule has 0 heterocycles. The van der Waals surface area contributed by atoms with Crippen molar-refractivity contribution in [3.63, 3.8) is 0 Å². The highest BCUT2D eigenvalue weighted by molar-refractivity contribution is 5.77. The van der Waals surface area contributed by atoms with Crippen LogP contribution in [0.1, 0.15) is 40.5 Å². The molecule has 0 aliphatic rings. The summed E-state index contributed by atoms with van der Waals surface area (Å²) in [5.41, 5.74) is 0. The first-order chi connectivity index (χ1) is 8.41. The van der Waals surface area contributed by atoms with Gasteiger partial charge in [0.1, 0.15) is 6.61 Å². The maximum Gasteiger partial charge on any atom is 0.246 e. The van der Waals surface area contributed by atoms with E-state index in [0.717, 1.165) is 6.42 Å². The van der Waals surface area contributed by atoms with E-state index in [1.165, 1.54) is 0 Å². The average Bonchev–Trinajstić information content (AvgIpc) is 2.20. The van der Waals surface area contributed by atoms with Crippen LogP contribution in [0.15, 0.2) is 0 Å². The van der Waals surface area contributed by atoms with Crippen LogP contribution in [0.25, 0.3) is 0 Å². The maximum absolute atomic E-state index is 11.3. The molecule has 0 bridgehead atoms. The number of nitrogens with one attached hydrogen (secondary N) is 2. The molecule has 2 N–H and O–H groups in total. The molecule has 0 radical (unpaired) electrons. The van der Waals surface area contributed by atoms with Gasteiger partial charge in [-0.3, -0.25) is 9.59 Å². The van der Waals surface area contributed by atoms with Gasteiger partial charge in [0.25, 0.3) is 0 Å². The molecule has 0 aromatic carbocycles. The summed E-state index contributed by atoms with van der Waals surface area (Å²) < 4.78 is 5.20. The standard InChI is InChI=1S/C13H26N2O3/c1-10(2)8-12(16)14-6-5-7-18-9-13(17)15-11(3)4/h10-11H,5-9H2,1-4H3,(H,14,16)(H,15,17). The van der Waals surface area contributed by atoms with Crippen molar-refractivity contribution in [3.05, 3.63) is 0 Å². The summed E-state index contributed by atoms with van der Waals surface area (Å²) in [7, 11) is 0. The monoisotopic (exact) mass is 258 g/mol. The largest absolute Gasteiger partial charge is 0.372 e. The summed E-state index contributed by atoms with van der Waals surface area (Å²) in [5, 5.41) is 5.55. The first-order valence-corrected chi connectivity index (χ1v) is 6.55. The molecule has 18 heavy (non-hydrogen) atoms. The Balaban J connectivity index is 3.36. The quantitative estimate of drug-likeness (QED) is 0.608. The van der Waals surface area contributed by atoms with Gasteiger partial charge in [-0.05, 0) is 26.2 Å². The molecule has 0 aliphatic carbocycles. The third kappa shape index (κ3) is 11.4. The van der Waals surface area contributed by atoms with E-state index in [9.17, 15) is 9.59 Å². The van der Waals surface area contributed by atoms with Crippen LogP contribution in [0.4, 0.5) is 0 Å².